The van der Waals surface area contributed by atoms with Crippen LogP contribution in [0.5, 0.6) is 0 Å². The Labute approximate surface area is 169 Å². The third kappa shape index (κ3) is 4.52. The molecular formula is C26H30N2. The molecule has 1 heterocycles. The van der Waals surface area contributed by atoms with Gasteiger partial charge in [0.2, 0.25) is 0 Å². The van der Waals surface area contributed by atoms with Crippen LogP contribution in [0.2, 0.25) is 0 Å². The highest BCUT2D eigenvalue weighted by atomic mass is 15.3. The minimum atomic E-state index is 0.211. The third-order valence-electron chi connectivity index (χ3n) is 6.12. The van der Waals surface area contributed by atoms with E-state index >= 15 is 0 Å². The van der Waals surface area contributed by atoms with E-state index in [9.17, 15) is 0 Å². The maximum atomic E-state index is 3.86. The molecule has 0 spiro atoms. The first kappa shape index (κ1) is 18.9. The van der Waals surface area contributed by atoms with Crippen molar-refractivity contribution in [3.05, 3.63) is 108 Å². The largest absolute Gasteiger partial charge is 0.298 e. The lowest BCUT2D eigenvalue weighted by molar-refractivity contribution is 0.0689. The van der Waals surface area contributed by atoms with E-state index in [0.717, 1.165) is 26.1 Å². The predicted molar refractivity (Wildman–Crippen MR) is 117 cm³/mol. The van der Waals surface area contributed by atoms with Gasteiger partial charge in [-0.1, -0.05) is 97.9 Å². The van der Waals surface area contributed by atoms with Crippen molar-refractivity contribution in [2.24, 2.45) is 0 Å². The summed E-state index contributed by atoms with van der Waals surface area (Å²) in [6, 6.07) is 32.6. The van der Waals surface area contributed by atoms with E-state index in [1.54, 1.807) is 0 Å². The maximum Gasteiger partial charge on any atom is 0.0611 e. The van der Waals surface area contributed by atoms with Crippen LogP contribution in [0, 0.1) is 0 Å². The van der Waals surface area contributed by atoms with Gasteiger partial charge in [0.15, 0.2) is 0 Å². The van der Waals surface area contributed by atoms with Gasteiger partial charge in [-0.3, -0.25) is 10.2 Å². The van der Waals surface area contributed by atoms with Crippen LogP contribution in [0.4, 0.5) is 0 Å². The van der Waals surface area contributed by atoms with E-state index in [-0.39, 0.29) is 5.41 Å². The molecule has 1 fully saturated rings. The van der Waals surface area contributed by atoms with Crippen LogP contribution < -0.4 is 5.32 Å². The third-order valence-corrected chi connectivity index (χ3v) is 6.12. The van der Waals surface area contributed by atoms with Crippen LogP contribution in [0.1, 0.15) is 36.5 Å². The number of piperidine rings is 1. The molecule has 4 rings (SSSR count). The maximum absolute atomic E-state index is 3.86. The van der Waals surface area contributed by atoms with Crippen LogP contribution in [-0.4, -0.2) is 17.6 Å². The first-order chi connectivity index (χ1) is 13.7. The minimum absolute atomic E-state index is 0.211. The van der Waals surface area contributed by atoms with Crippen molar-refractivity contribution in [2.75, 3.05) is 6.54 Å². The molecule has 0 amide bonds. The van der Waals surface area contributed by atoms with Gasteiger partial charge < -0.3 is 0 Å². The van der Waals surface area contributed by atoms with Gasteiger partial charge in [-0.25, -0.2) is 0 Å². The van der Waals surface area contributed by atoms with E-state index in [4.69, 9.17) is 0 Å². The number of rotatable bonds is 6. The Balaban J connectivity index is 1.52. The van der Waals surface area contributed by atoms with Gasteiger partial charge >= 0.3 is 0 Å². The number of nitrogens with one attached hydrogen (secondary N) is 1. The van der Waals surface area contributed by atoms with Crippen molar-refractivity contribution >= 4 is 0 Å². The molecule has 0 saturated carbocycles. The van der Waals surface area contributed by atoms with Crippen molar-refractivity contribution in [3.63, 3.8) is 0 Å². The quantitative estimate of drug-likeness (QED) is 0.629. The fraction of sp³-hybridized carbons (Fsp3) is 0.308. The summed E-state index contributed by atoms with van der Waals surface area (Å²) in [4.78, 5) is 2.61. The molecular weight excluding hydrogens is 340 g/mol. The van der Waals surface area contributed by atoms with Crippen molar-refractivity contribution in [1.29, 1.82) is 0 Å². The average Bonchev–Trinajstić information content (AvgIpc) is 2.76. The average molecular weight is 371 g/mol. The van der Waals surface area contributed by atoms with E-state index < -0.39 is 0 Å². The zero-order valence-corrected chi connectivity index (χ0v) is 16.7. The Hall–Kier alpha value is -2.42. The molecule has 0 radical (unpaired) electrons. The van der Waals surface area contributed by atoms with Crippen molar-refractivity contribution in [3.8, 4) is 0 Å². The Morgan fingerprint density at radius 3 is 2.04 bits per heavy atom. The Morgan fingerprint density at radius 2 is 1.39 bits per heavy atom. The van der Waals surface area contributed by atoms with Gasteiger partial charge in [0, 0.05) is 19.6 Å². The topological polar surface area (TPSA) is 15.3 Å². The summed E-state index contributed by atoms with van der Waals surface area (Å²) in [5.41, 5.74) is 4.40. The van der Waals surface area contributed by atoms with E-state index in [2.05, 4.69) is 108 Å². The molecule has 1 aliphatic rings. The predicted octanol–water partition coefficient (Wildman–Crippen LogP) is 5.36. The van der Waals surface area contributed by atoms with Crippen LogP contribution >= 0.6 is 0 Å². The fourth-order valence-electron chi connectivity index (χ4n) is 4.35. The molecule has 0 aliphatic carbocycles. The van der Waals surface area contributed by atoms with Crippen LogP contribution in [0.3, 0.4) is 0 Å². The lowest BCUT2D eigenvalue weighted by atomic mass is 9.73. The second-order valence-electron chi connectivity index (χ2n) is 8.22. The minimum Gasteiger partial charge on any atom is -0.298 e. The summed E-state index contributed by atoms with van der Waals surface area (Å²) in [5, 5.41) is 3.86. The van der Waals surface area contributed by atoms with E-state index in [1.807, 2.05) is 0 Å². The second-order valence-corrected chi connectivity index (χ2v) is 8.22. The number of hydrogen-bond acceptors (Lipinski definition) is 2. The zero-order chi connectivity index (χ0) is 19.2. The number of nitrogens with zero attached hydrogens (tertiary/aromatic N) is 1. The molecule has 2 atom stereocenters. The van der Waals surface area contributed by atoms with Crippen molar-refractivity contribution in [2.45, 2.75) is 44.4 Å². The molecule has 1 N–H and O–H groups in total. The monoisotopic (exact) mass is 370 g/mol. The normalized spacial score (nSPS) is 22.8. The lowest BCUT2D eigenvalue weighted by Gasteiger charge is -2.46. The van der Waals surface area contributed by atoms with Crippen molar-refractivity contribution in [1.82, 2.24) is 10.2 Å². The fourth-order valence-corrected chi connectivity index (χ4v) is 4.35. The van der Waals surface area contributed by atoms with Crippen molar-refractivity contribution < 1.29 is 0 Å². The van der Waals surface area contributed by atoms with Gasteiger partial charge in [-0.15, -0.1) is 0 Å². The van der Waals surface area contributed by atoms with Gasteiger partial charge in [0.25, 0.3) is 0 Å². The molecule has 3 aromatic carbocycles. The molecule has 0 bridgehead atoms. The summed E-state index contributed by atoms with van der Waals surface area (Å²) < 4.78 is 0. The highest BCUT2D eigenvalue weighted by Crippen LogP contribution is 2.37. The second kappa shape index (κ2) is 8.72. The highest BCUT2D eigenvalue weighted by Gasteiger charge is 2.37. The van der Waals surface area contributed by atoms with Crippen LogP contribution in [0.15, 0.2) is 91.0 Å². The SMILES string of the molecule is CC1(c2ccccc2)CCN(Cc2ccccc2)C(NCc2ccccc2)C1. The molecule has 1 saturated heterocycles. The number of benzene rings is 3. The Morgan fingerprint density at radius 1 is 0.821 bits per heavy atom. The zero-order valence-electron chi connectivity index (χ0n) is 16.7. The van der Waals surface area contributed by atoms with Gasteiger partial charge in [0.1, 0.15) is 0 Å². The molecule has 0 aromatic heterocycles. The standard InChI is InChI=1S/C26H30N2/c1-26(24-15-9-4-10-16-24)17-18-28(21-23-13-7-3-8-14-23)25(19-26)27-20-22-11-5-2-6-12-22/h2-16,25,27H,17-21H2,1H3. The van der Waals surface area contributed by atoms with E-state index in [0.29, 0.717) is 6.17 Å². The molecule has 2 nitrogen and oxygen atoms in total. The molecule has 144 valence electrons. The van der Waals surface area contributed by atoms with Crippen LogP contribution in [0.25, 0.3) is 0 Å². The first-order valence-electron chi connectivity index (χ1n) is 10.3. The molecule has 2 heteroatoms. The van der Waals surface area contributed by atoms with E-state index in [1.165, 1.54) is 23.1 Å². The number of hydrogen-bond donors (Lipinski definition) is 1. The van der Waals surface area contributed by atoms with Gasteiger partial charge in [0.05, 0.1) is 6.17 Å². The molecule has 1 aliphatic heterocycles. The lowest BCUT2D eigenvalue weighted by Crippen LogP contribution is -2.53. The molecule has 2 unspecified atom stereocenters. The summed E-state index contributed by atoms with van der Waals surface area (Å²) >= 11 is 0. The summed E-state index contributed by atoms with van der Waals surface area (Å²) in [7, 11) is 0. The van der Waals surface area contributed by atoms with Gasteiger partial charge in [-0.2, -0.15) is 0 Å². The highest BCUT2D eigenvalue weighted by molar-refractivity contribution is 5.26. The van der Waals surface area contributed by atoms with Gasteiger partial charge in [-0.05, 0) is 34.9 Å². The first-order valence-corrected chi connectivity index (χ1v) is 10.3. The van der Waals surface area contributed by atoms with Crippen LogP contribution in [-0.2, 0) is 18.5 Å². The summed E-state index contributed by atoms with van der Waals surface area (Å²) in [6.07, 6.45) is 2.67. The summed E-state index contributed by atoms with van der Waals surface area (Å²) in [5.74, 6) is 0. The smallest absolute Gasteiger partial charge is 0.0611 e. The Bertz CT molecular complexity index is 847. The number of likely N-dealkylation sites (tertiary alicyclic amines) is 1. The Kier molecular flexibility index (Phi) is 5.90. The summed E-state index contributed by atoms with van der Waals surface area (Å²) in [6.45, 7) is 5.44. The molecule has 28 heavy (non-hydrogen) atoms. The molecule has 3 aromatic rings.